The summed E-state index contributed by atoms with van der Waals surface area (Å²) in [4.78, 5) is 4.32. The van der Waals surface area contributed by atoms with Crippen molar-refractivity contribution in [1.82, 2.24) is 10.1 Å². The van der Waals surface area contributed by atoms with Crippen molar-refractivity contribution >= 4 is 23.2 Å². The maximum Gasteiger partial charge on any atom is 0.227 e. The van der Waals surface area contributed by atoms with Gasteiger partial charge in [0.2, 0.25) is 5.89 Å². The van der Waals surface area contributed by atoms with Crippen molar-refractivity contribution in [2.24, 2.45) is 11.7 Å². The fourth-order valence-electron chi connectivity index (χ4n) is 1.81. The average Bonchev–Trinajstić information content (AvgIpc) is 2.86. The molecule has 1 aromatic carbocycles. The number of nitrogens with two attached hydrogens (primary N) is 1. The number of aryl methyl sites for hydroxylation is 1. The first-order chi connectivity index (χ1) is 9.49. The molecule has 0 saturated carbocycles. The van der Waals surface area contributed by atoms with E-state index in [1.54, 1.807) is 0 Å². The molecule has 108 valence electrons. The molecule has 1 unspecified atom stereocenters. The molecule has 1 aromatic heterocycles. The zero-order valence-corrected chi connectivity index (χ0v) is 12.9. The number of rotatable bonds is 5. The molecule has 2 rings (SSSR count). The van der Waals surface area contributed by atoms with Crippen LogP contribution in [0.4, 0.5) is 0 Å². The molecule has 20 heavy (non-hydrogen) atoms. The third-order valence-corrected chi connectivity index (χ3v) is 3.86. The summed E-state index contributed by atoms with van der Waals surface area (Å²) in [5, 5.41) is 5.22. The summed E-state index contributed by atoms with van der Waals surface area (Å²) in [6.45, 7) is 4.04. The van der Waals surface area contributed by atoms with Crippen molar-refractivity contribution in [3.8, 4) is 0 Å². The van der Waals surface area contributed by atoms with Crippen molar-refractivity contribution in [2.75, 3.05) is 0 Å². The first-order valence-electron chi connectivity index (χ1n) is 6.50. The molecule has 1 heterocycles. The summed E-state index contributed by atoms with van der Waals surface area (Å²) in [6, 6.07) is 5.24. The fourth-order valence-corrected chi connectivity index (χ4v) is 2.39. The summed E-state index contributed by atoms with van der Waals surface area (Å²) in [7, 11) is 0. The van der Waals surface area contributed by atoms with Gasteiger partial charge in [-0.2, -0.15) is 4.98 Å². The van der Waals surface area contributed by atoms with E-state index in [1.807, 2.05) is 32.0 Å². The second-order valence-corrected chi connectivity index (χ2v) is 5.83. The lowest BCUT2D eigenvalue weighted by molar-refractivity contribution is 0.363. The van der Waals surface area contributed by atoms with Crippen LogP contribution in [0, 0.1) is 5.92 Å². The molecular weight excluding hydrogens is 297 g/mol. The Kier molecular flexibility index (Phi) is 5.02. The lowest BCUT2D eigenvalue weighted by Gasteiger charge is -2.09. The molecule has 0 aliphatic heterocycles. The Balaban J connectivity index is 2.05. The van der Waals surface area contributed by atoms with Gasteiger partial charge >= 0.3 is 0 Å². The average molecular weight is 314 g/mol. The maximum absolute atomic E-state index is 6.12. The van der Waals surface area contributed by atoms with Gasteiger partial charge in [0, 0.05) is 16.5 Å². The third kappa shape index (κ3) is 3.51. The van der Waals surface area contributed by atoms with Gasteiger partial charge in [0.1, 0.15) is 0 Å². The van der Waals surface area contributed by atoms with E-state index in [0.717, 1.165) is 5.56 Å². The Bertz CT molecular complexity index is 563. The Morgan fingerprint density at radius 2 is 1.85 bits per heavy atom. The highest BCUT2D eigenvalue weighted by Crippen LogP contribution is 2.25. The van der Waals surface area contributed by atoms with E-state index in [-0.39, 0.29) is 12.0 Å². The van der Waals surface area contributed by atoms with Crippen LogP contribution >= 0.6 is 23.2 Å². The second-order valence-electron chi connectivity index (χ2n) is 5.02. The van der Waals surface area contributed by atoms with E-state index < -0.39 is 0 Å². The van der Waals surface area contributed by atoms with Gasteiger partial charge in [0.25, 0.3) is 0 Å². The van der Waals surface area contributed by atoms with Gasteiger partial charge in [-0.1, -0.05) is 48.3 Å². The second kappa shape index (κ2) is 6.57. The van der Waals surface area contributed by atoms with Crippen LogP contribution in [0.1, 0.15) is 37.2 Å². The van der Waals surface area contributed by atoms with Gasteiger partial charge in [-0.15, -0.1) is 0 Å². The van der Waals surface area contributed by atoms with E-state index in [2.05, 4.69) is 10.1 Å². The van der Waals surface area contributed by atoms with E-state index in [9.17, 15) is 0 Å². The molecule has 0 radical (unpaired) electrons. The number of hydrogen-bond acceptors (Lipinski definition) is 4. The molecule has 4 nitrogen and oxygen atoms in total. The van der Waals surface area contributed by atoms with Crippen LogP contribution in [-0.4, -0.2) is 10.1 Å². The van der Waals surface area contributed by atoms with Crippen LogP contribution in [0.3, 0.4) is 0 Å². The smallest absolute Gasteiger partial charge is 0.227 e. The zero-order chi connectivity index (χ0) is 14.7. The fraction of sp³-hybridized carbons (Fsp3) is 0.429. The Hall–Kier alpha value is -1.10. The van der Waals surface area contributed by atoms with E-state index in [4.69, 9.17) is 33.5 Å². The van der Waals surface area contributed by atoms with Crippen LogP contribution in [0.25, 0.3) is 0 Å². The SMILES string of the molecule is CC(C)C(N)c1noc(CCc2c(Cl)cccc2Cl)n1. The highest BCUT2D eigenvalue weighted by Gasteiger charge is 2.17. The summed E-state index contributed by atoms with van der Waals surface area (Å²) in [5.41, 5.74) is 6.87. The van der Waals surface area contributed by atoms with Crippen molar-refractivity contribution < 1.29 is 4.52 Å². The molecular formula is C14H17Cl2N3O. The normalized spacial score (nSPS) is 12.9. The van der Waals surface area contributed by atoms with Gasteiger partial charge in [0.05, 0.1) is 6.04 Å². The minimum Gasteiger partial charge on any atom is -0.339 e. The lowest BCUT2D eigenvalue weighted by Crippen LogP contribution is -2.18. The first-order valence-corrected chi connectivity index (χ1v) is 7.25. The molecule has 0 spiro atoms. The van der Waals surface area contributed by atoms with Crippen LogP contribution in [-0.2, 0) is 12.8 Å². The monoisotopic (exact) mass is 313 g/mol. The van der Waals surface area contributed by atoms with Gasteiger partial charge < -0.3 is 10.3 Å². The van der Waals surface area contributed by atoms with Gasteiger partial charge in [0.15, 0.2) is 5.82 Å². The van der Waals surface area contributed by atoms with E-state index in [1.165, 1.54) is 0 Å². The molecule has 0 bridgehead atoms. The molecule has 0 aliphatic rings. The predicted octanol–water partition coefficient (Wildman–Crippen LogP) is 3.82. The largest absolute Gasteiger partial charge is 0.339 e. The van der Waals surface area contributed by atoms with Gasteiger partial charge in [-0.25, -0.2) is 0 Å². The Morgan fingerprint density at radius 3 is 2.45 bits per heavy atom. The van der Waals surface area contributed by atoms with E-state index >= 15 is 0 Å². The van der Waals surface area contributed by atoms with Crippen molar-refractivity contribution in [3.05, 3.63) is 45.5 Å². The number of nitrogens with zero attached hydrogens (tertiary/aromatic N) is 2. The summed E-state index contributed by atoms with van der Waals surface area (Å²) >= 11 is 12.2. The van der Waals surface area contributed by atoms with Crippen molar-refractivity contribution in [1.29, 1.82) is 0 Å². The minimum atomic E-state index is -0.212. The first kappa shape index (κ1) is 15.3. The standard InChI is InChI=1S/C14H17Cl2N3O/c1-8(2)13(17)14-18-12(20-19-14)7-6-9-10(15)4-3-5-11(9)16/h3-5,8,13H,6-7,17H2,1-2H3. The number of aromatic nitrogens is 2. The molecule has 2 N–H and O–H groups in total. The minimum absolute atomic E-state index is 0.212. The quantitative estimate of drug-likeness (QED) is 0.911. The molecule has 0 aliphatic carbocycles. The number of benzene rings is 1. The van der Waals surface area contributed by atoms with Gasteiger partial charge in [-0.3, -0.25) is 0 Å². The number of halogens is 2. The van der Waals surface area contributed by atoms with E-state index in [0.29, 0.717) is 34.6 Å². The molecule has 2 aromatic rings. The van der Waals surface area contributed by atoms with Crippen molar-refractivity contribution in [2.45, 2.75) is 32.7 Å². The van der Waals surface area contributed by atoms with Crippen LogP contribution in [0.2, 0.25) is 10.0 Å². The highest BCUT2D eigenvalue weighted by atomic mass is 35.5. The summed E-state index contributed by atoms with van der Waals surface area (Å²) in [5.74, 6) is 1.35. The Morgan fingerprint density at radius 1 is 1.20 bits per heavy atom. The van der Waals surface area contributed by atoms with Crippen LogP contribution < -0.4 is 5.73 Å². The summed E-state index contributed by atoms with van der Waals surface area (Å²) < 4.78 is 5.21. The van der Waals surface area contributed by atoms with Crippen molar-refractivity contribution in [3.63, 3.8) is 0 Å². The Labute approximate surface area is 128 Å². The topological polar surface area (TPSA) is 64.9 Å². The van der Waals surface area contributed by atoms with Crippen LogP contribution in [0.15, 0.2) is 22.7 Å². The highest BCUT2D eigenvalue weighted by molar-refractivity contribution is 6.35. The zero-order valence-electron chi connectivity index (χ0n) is 11.4. The predicted molar refractivity (Wildman–Crippen MR) is 79.9 cm³/mol. The van der Waals surface area contributed by atoms with Crippen LogP contribution in [0.5, 0.6) is 0 Å². The molecule has 0 saturated heterocycles. The third-order valence-electron chi connectivity index (χ3n) is 3.15. The number of hydrogen-bond donors (Lipinski definition) is 1. The summed E-state index contributed by atoms with van der Waals surface area (Å²) in [6.07, 6.45) is 1.23. The molecule has 6 heteroatoms. The molecule has 0 amide bonds. The maximum atomic E-state index is 6.12. The molecule has 1 atom stereocenters. The molecule has 0 fully saturated rings. The van der Waals surface area contributed by atoms with Gasteiger partial charge in [-0.05, 0) is 30.0 Å². The lowest BCUT2D eigenvalue weighted by atomic mass is 10.1.